The second-order valence-corrected chi connectivity index (χ2v) is 5.32. The molecule has 1 unspecified atom stereocenters. The van der Waals surface area contributed by atoms with E-state index in [1.807, 2.05) is 30.3 Å². The molecule has 0 radical (unpaired) electrons. The van der Waals surface area contributed by atoms with E-state index < -0.39 is 6.04 Å². The van der Waals surface area contributed by atoms with Crippen LogP contribution in [0.1, 0.15) is 17.5 Å². The minimum absolute atomic E-state index is 0.285. The average Bonchev–Trinajstić information content (AvgIpc) is 2.99. The summed E-state index contributed by atoms with van der Waals surface area (Å²) in [6.45, 7) is 0. The highest BCUT2D eigenvalue weighted by molar-refractivity contribution is 9.10. The molecule has 0 aliphatic heterocycles. The van der Waals surface area contributed by atoms with Gasteiger partial charge < -0.3 is 10.3 Å². The summed E-state index contributed by atoms with van der Waals surface area (Å²) in [4.78, 5) is 4.26. The van der Waals surface area contributed by atoms with Crippen molar-refractivity contribution in [1.82, 2.24) is 10.1 Å². The summed E-state index contributed by atoms with van der Waals surface area (Å²) in [6.07, 6.45) is 0. The zero-order chi connectivity index (χ0) is 14.8. The fourth-order valence-corrected chi connectivity index (χ4v) is 2.37. The van der Waals surface area contributed by atoms with Crippen LogP contribution in [-0.2, 0) is 0 Å². The molecular formula is C15H11BrFN3O. The van der Waals surface area contributed by atoms with E-state index in [4.69, 9.17) is 10.3 Å². The number of hydrogen-bond donors (Lipinski definition) is 1. The molecule has 0 aliphatic carbocycles. The van der Waals surface area contributed by atoms with Gasteiger partial charge in [-0.2, -0.15) is 4.98 Å². The fraction of sp³-hybridized carbons (Fsp3) is 0.0667. The molecular weight excluding hydrogens is 337 g/mol. The zero-order valence-corrected chi connectivity index (χ0v) is 12.4. The quantitative estimate of drug-likeness (QED) is 0.784. The minimum Gasteiger partial charge on any atom is -0.337 e. The molecule has 6 heteroatoms. The smallest absolute Gasteiger partial charge is 0.248 e. The van der Waals surface area contributed by atoms with E-state index in [0.717, 1.165) is 5.56 Å². The normalized spacial score (nSPS) is 12.3. The lowest BCUT2D eigenvalue weighted by atomic mass is 10.1. The van der Waals surface area contributed by atoms with E-state index in [2.05, 4.69) is 26.1 Å². The molecule has 4 nitrogen and oxygen atoms in total. The Morgan fingerprint density at radius 3 is 2.67 bits per heavy atom. The molecule has 1 aromatic heterocycles. The molecule has 2 N–H and O–H groups in total. The Bertz CT molecular complexity index is 761. The second kappa shape index (κ2) is 5.75. The lowest BCUT2D eigenvalue weighted by molar-refractivity contribution is 0.367. The first-order valence-corrected chi connectivity index (χ1v) is 7.04. The van der Waals surface area contributed by atoms with E-state index in [1.54, 1.807) is 6.07 Å². The van der Waals surface area contributed by atoms with Gasteiger partial charge in [-0.25, -0.2) is 4.39 Å². The van der Waals surface area contributed by atoms with Crippen LogP contribution in [0.2, 0.25) is 0 Å². The summed E-state index contributed by atoms with van der Waals surface area (Å²) < 4.78 is 19.2. The van der Waals surface area contributed by atoms with Gasteiger partial charge in [0.25, 0.3) is 0 Å². The van der Waals surface area contributed by atoms with Crippen LogP contribution >= 0.6 is 15.9 Å². The minimum atomic E-state index is -0.514. The number of hydrogen-bond acceptors (Lipinski definition) is 4. The zero-order valence-electron chi connectivity index (χ0n) is 10.8. The monoisotopic (exact) mass is 347 g/mol. The van der Waals surface area contributed by atoms with Crippen LogP contribution < -0.4 is 5.73 Å². The van der Waals surface area contributed by atoms with Crippen molar-refractivity contribution >= 4 is 15.9 Å². The Labute approximate surface area is 128 Å². The summed E-state index contributed by atoms with van der Waals surface area (Å²) in [5, 5.41) is 3.87. The van der Waals surface area contributed by atoms with Crippen molar-refractivity contribution in [2.24, 2.45) is 5.73 Å². The van der Waals surface area contributed by atoms with Crippen molar-refractivity contribution in [3.8, 4) is 11.4 Å². The summed E-state index contributed by atoms with van der Waals surface area (Å²) in [5.74, 6) is 0.210. The molecule has 106 valence electrons. The number of nitrogens with two attached hydrogens (primary N) is 1. The molecule has 0 amide bonds. The van der Waals surface area contributed by atoms with Gasteiger partial charge in [0.2, 0.25) is 11.7 Å². The highest BCUT2D eigenvalue weighted by Gasteiger charge is 2.18. The van der Waals surface area contributed by atoms with Gasteiger partial charge in [-0.1, -0.05) is 51.4 Å². The molecule has 0 fully saturated rings. The number of aromatic nitrogens is 2. The maximum Gasteiger partial charge on any atom is 0.248 e. The molecule has 3 aromatic rings. The van der Waals surface area contributed by atoms with Gasteiger partial charge in [0.15, 0.2) is 0 Å². The summed E-state index contributed by atoms with van der Waals surface area (Å²) in [7, 11) is 0. The number of halogens is 2. The molecule has 21 heavy (non-hydrogen) atoms. The van der Waals surface area contributed by atoms with E-state index in [0.29, 0.717) is 15.9 Å². The number of rotatable bonds is 3. The van der Waals surface area contributed by atoms with Gasteiger partial charge in [-0.15, -0.1) is 0 Å². The molecule has 0 aliphatic rings. The Morgan fingerprint density at radius 2 is 1.90 bits per heavy atom. The third kappa shape index (κ3) is 2.86. The van der Waals surface area contributed by atoms with Crippen LogP contribution in [0.25, 0.3) is 11.4 Å². The second-order valence-electron chi connectivity index (χ2n) is 4.47. The Morgan fingerprint density at radius 1 is 1.14 bits per heavy atom. The standard InChI is InChI=1S/C15H11BrFN3O/c16-12-7-6-10(17)8-11(12)14-19-15(21-20-14)13(18)9-4-2-1-3-5-9/h1-8,13H,18H2. The highest BCUT2D eigenvalue weighted by Crippen LogP contribution is 2.28. The molecule has 0 bridgehead atoms. The fourth-order valence-electron chi connectivity index (χ4n) is 1.94. The van der Waals surface area contributed by atoms with Gasteiger partial charge in [-0.3, -0.25) is 0 Å². The van der Waals surface area contributed by atoms with Crippen LogP contribution in [0.5, 0.6) is 0 Å². The summed E-state index contributed by atoms with van der Waals surface area (Å²) in [5.41, 5.74) is 7.48. The van der Waals surface area contributed by atoms with Gasteiger partial charge in [0, 0.05) is 10.0 Å². The molecule has 0 spiro atoms. The average molecular weight is 348 g/mol. The Balaban J connectivity index is 1.95. The molecule has 1 atom stereocenters. The van der Waals surface area contributed by atoms with Crippen molar-refractivity contribution in [1.29, 1.82) is 0 Å². The third-order valence-electron chi connectivity index (χ3n) is 3.04. The van der Waals surface area contributed by atoms with Gasteiger partial charge in [0.1, 0.15) is 11.9 Å². The first-order chi connectivity index (χ1) is 10.1. The number of nitrogens with zero attached hydrogens (tertiary/aromatic N) is 2. The maximum absolute atomic E-state index is 13.3. The number of benzene rings is 2. The van der Waals surface area contributed by atoms with Crippen molar-refractivity contribution in [2.75, 3.05) is 0 Å². The molecule has 1 heterocycles. The largest absolute Gasteiger partial charge is 0.337 e. The van der Waals surface area contributed by atoms with Crippen molar-refractivity contribution < 1.29 is 8.91 Å². The van der Waals surface area contributed by atoms with Crippen LogP contribution in [0, 0.1) is 5.82 Å². The highest BCUT2D eigenvalue weighted by atomic mass is 79.9. The predicted molar refractivity (Wildman–Crippen MR) is 79.9 cm³/mol. The molecule has 3 rings (SSSR count). The lowest BCUT2D eigenvalue weighted by Crippen LogP contribution is -2.11. The van der Waals surface area contributed by atoms with Gasteiger partial charge in [-0.05, 0) is 23.8 Å². The van der Waals surface area contributed by atoms with Crippen LogP contribution in [0.15, 0.2) is 57.5 Å². The third-order valence-corrected chi connectivity index (χ3v) is 3.73. The molecule has 2 aromatic carbocycles. The van der Waals surface area contributed by atoms with Crippen molar-refractivity contribution in [2.45, 2.75) is 6.04 Å². The maximum atomic E-state index is 13.3. The van der Waals surface area contributed by atoms with Crippen molar-refractivity contribution in [3.63, 3.8) is 0 Å². The first kappa shape index (κ1) is 13.9. The Hall–Kier alpha value is -2.05. The summed E-state index contributed by atoms with van der Waals surface area (Å²) in [6, 6.07) is 13.2. The Kier molecular flexibility index (Phi) is 3.81. The van der Waals surface area contributed by atoms with Crippen LogP contribution in [0.4, 0.5) is 4.39 Å². The van der Waals surface area contributed by atoms with Gasteiger partial charge >= 0.3 is 0 Å². The van der Waals surface area contributed by atoms with Gasteiger partial charge in [0.05, 0.1) is 0 Å². The topological polar surface area (TPSA) is 64.9 Å². The summed E-state index contributed by atoms with van der Waals surface area (Å²) >= 11 is 3.34. The van der Waals surface area contributed by atoms with Crippen molar-refractivity contribution in [3.05, 3.63) is 70.3 Å². The van der Waals surface area contributed by atoms with Crippen LogP contribution in [-0.4, -0.2) is 10.1 Å². The van der Waals surface area contributed by atoms with Crippen LogP contribution in [0.3, 0.4) is 0 Å². The molecule has 0 saturated carbocycles. The molecule has 0 saturated heterocycles. The van der Waals surface area contributed by atoms with E-state index in [9.17, 15) is 4.39 Å². The van der Waals surface area contributed by atoms with E-state index >= 15 is 0 Å². The predicted octanol–water partition coefficient (Wildman–Crippen LogP) is 3.69. The SMILES string of the molecule is NC(c1ccccc1)c1nc(-c2cc(F)ccc2Br)no1. The first-order valence-electron chi connectivity index (χ1n) is 6.24. The van der Waals surface area contributed by atoms with E-state index in [-0.39, 0.29) is 11.7 Å². The lowest BCUT2D eigenvalue weighted by Gasteiger charge is -2.05. The van der Waals surface area contributed by atoms with E-state index in [1.165, 1.54) is 12.1 Å².